The lowest BCUT2D eigenvalue weighted by Gasteiger charge is -2.22. The van der Waals surface area contributed by atoms with Crippen LogP contribution >= 0.6 is 0 Å². The van der Waals surface area contributed by atoms with Crippen molar-refractivity contribution < 1.29 is 23.1 Å². The number of carbonyl (C=O) groups is 2. The standard InChI is InChI=1S/C18H16F2N2O3/c1-18(12-5-7-13(19)8-6-12)16(23)22(17(24)21-18)9-10-25-15-4-2-3-14(20)11-15/h2-8,11H,9-10H2,1H3,(H,21,24)/t18-/m1/s1. The quantitative estimate of drug-likeness (QED) is 0.847. The minimum atomic E-state index is -1.26. The van der Waals surface area contributed by atoms with Crippen LogP contribution in [0.1, 0.15) is 12.5 Å². The van der Waals surface area contributed by atoms with Crippen LogP contribution < -0.4 is 10.1 Å². The van der Waals surface area contributed by atoms with Gasteiger partial charge in [-0.1, -0.05) is 18.2 Å². The van der Waals surface area contributed by atoms with Crippen molar-refractivity contribution in [1.29, 1.82) is 0 Å². The van der Waals surface area contributed by atoms with Gasteiger partial charge in [0.05, 0.1) is 6.54 Å². The number of imide groups is 1. The van der Waals surface area contributed by atoms with Gasteiger partial charge in [0.2, 0.25) is 0 Å². The van der Waals surface area contributed by atoms with E-state index in [0.717, 1.165) is 4.90 Å². The zero-order chi connectivity index (χ0) is 18.0. The van der Waals surface area contributed by atoms with Gasteiger partial charge < -0.3 is 10.1 Å². The van der Waals surface area contributed by atoms with Crippen LogP contribution in [0, 0.1) is 11.6 Å². The number of amides is 3. The topological polar surface area (TPSA) is 58.6 Å². The van der Waals surface area contributed by atoms with E-state index >= 15 is 0 Å². The van der Waals surface area contributed by atoms with E-state index in [1.165, 1.54) is 42.5 Å². The molecule has 1 saturated heterocycles. The van der Waals surface area contributed by atoms with E-state index in [0.29, 0.717) is 11.3 Å². The summed E-state index contributed by atoms with van der Waals surface area (Å²) in [6.07, 6.45) is 0. The fraction of sp³-hybridized carbons (Fsp3) is 0.222. The molecule has 1 fully saturated rings. The molecular formula is C18H16F2N2O3. The third-order valence-corrected chi connectivity index (χ3v) is 4.08. The van der Waals surface area contributed by atoms with Crippen molar-refractivity contribution >= 4 is 11.9 Å². The largest absolute Gasteiger partial charge is 0.492 e. The number of carbonyl (C=O) groups excluding carboxylic acids is 2. The molecule has 1 heterocycles. The number of nitrogens with zero attached hydrogens (tertiary/aromatic N) is 1. The SMILES string of the molecule is C[C@]1(c2ccc(F)cc2)NC(=O)N(CCOc2cccc(F)c2)C1=O. The molecule has 0 unspecified atom stereocenters. The van der Waals surface area contributed by atoms with Gasteiger partial charge in [-0.25, -0.2) is 13.6 Å². The van der Waals surface area contributed by atoms with Crippen LogP contribution in [0.25, 0.3) is 0 Å². The van der Waals surface area contributed by atoms with Crippen molar-refractivity contribution in [3.05, 3.63) is 65.7 Å². The predicted molar refractivity (Wildman–Crippen MR) is 85.9 cm³/mol. The van der Waals surface area contributed by atoms with Gasteiger partial charge in [0, 0.05) is 6.07 Å². The highest BCUT2D eigenvalue weighted by molar-refractivity contribution is 6.07. The molecular weight excluding hydrogens is 330 g/mol. The van der Waals surface area contributed by atoms with Gasteiger partial charge in [0.1, 0.15) is 29.5 Å². The number of nitrogens with one attached hydrogen (secondary N) is 1. The van der Waals surface area contributed by atoms with Crippen molar-refractivity contribution in [2.24, 2.45) is 0 Å². The van der Waals surface area contributed by atoms with E-state index in [2.05, 4.69) is 5.32 Å². The Morgan fingerprint density at radius 3 is 2.48 bits per heavy atom. The van der Waals surface area contributed by atoms with Crippen LogP contribution in [0.15, 0.2) is 48.5 Å². The third kappa shape index (κ3) is 3.31. The number of urea groups is 1. The molecule has 0 spiro atoms. The Kier molecular flexibility index (Phi) is 4.39. The lowest BCUT2D eigenvalue weighted by molar-refractivity contribution is -0.131. The molecule has 2 aromatic carbocycles. The van der Waals surface area contributed by atoms with Crippen LogP contribution in [-0.2, 0) is 10.3 Å². The summed E-state index contributed by atoms with van der Waals surface area (Å²) in [6.45, 7) is 1.61. The fourth-order valence-electron chi connectivity index (χ4n) is 2.69. The lowest BCUT2D eigenvalue weighted by Crippen LogP contribution is -2.41. The summed E-state index contributed by atoms with van der Waals surface area (Å²) in [5.74, 6) is -0.999. The minimum absolute atomic E-state index is 0.0119. The highest BCUT2D eigenvalue weighted by Crippen LogP contribution is 2.28. The van der Waals surface area contributed by atoms with Gasteiger partial charge in [0.15, 0.2) is 0 Å². The second-order valence-corrected chi connectivity index (χ2v) is 5.82. The zero-order valence-electron chi connectivity index (χ0n) is 13.5. The summed E-state index contributed by atoms with van der Waals surface area (Å²) in [4.78, 5) is 25.8. The van der Waals surface area contributed by atoms with Crippen molar-refractivity contribution in [3.63, 3.8) is 0 Å². The molecule has 0 aliphatic carbocycles. The van der Waals surface area contributed by atoms with E-state index in [-0.39, 0.29) is 13.2 Å². The fourth-order valence-corrected chi connectivity index (χ4v) is 2.69. The first-order valence-electron chi connectivity index (χ1n) is 7.69. The number of benzene rings is 2. The summed E-state index contributed by atoms with van der Waals surface area (Å²) < 4.78 is 31.6. The van der Waals surface area contributed by atoms with Crippen molar-refractivity contribution in [2.75, 3.05) is 13.2 Å². The number of rotatable bonds is 5. The molecule has 1 atom stereocenters. The monoisotopic (exact) mass is 346 g/mol. The Labute approximate surface area is 143 Å². The molecule has 1 aliphatic rings. The molecule has 7 heteroatoms. The number of ether oxygens (including phenoxy) is 1. The number of hydrogen-bond donors (Lipinski definition) is 1. The second kappa shape index (κ2) is 6.51. The molecule has 0 saturated carbocycles. The highest BCUT2D eigenvalue weighted by atomic mass is 19.1. The normalized spacial score (nSPS) is 19.9. The van der Waals surface area contributed by atoms with Crippen LogP contribution in [0.5, 0.6) is 5.75 Å². The Balaban J connectivity index is 1.68. The molecule has 0 bridgehead atoms. The molecule has 1 aliphatic heterocycles. The van der Waals surface area contributed by atoms with Crippen LogP contribution in [0.2, 0.25) is 0 Å². The molecule has 5 nitrogen and oxygen atoms in total. The van der Waals surface area contributed by atoms with Crippen molar-refractivity contribution in [1.82, 2.24) is 10.2 Å². The maximum atomic E-state index is 13.1. The average molecular weight is 346 g/mol. The van der Waals surface area contributed by atoms with Gasteiger partial charge in [-0.2, -0.15) is 0 Å². The Bertz CT molecular complexity index is 810. The molecule has 3 amide bonds. The van der Waals surface area contributed by atoms with Crippen LogP contribution in [0.3, 0.4) is 0 Å². The van der Waals surface area contributed by atoms with Crippen molar-refractivity contribution in [3.8, 4) is 5.75 Å². The van der Waals surface area contributed by atoms with Crippen LogP contribution in [0.4, 0.5) is 13.6 Å². The smallest absolute Gasteiger partial charge is 0.325 e. The minimum Gasteiger partial charge on any atom is -0.492 e. The molecule has 0 radical (unpaired) electrons. The molecule has 3 rings (SSSR count). The summed E-state index contributed by atoms with van der Waals surface area (Å²) >= 11 is 0. The maximum absolute atomic E-state index is 13.1. The van der Waals surface area contributed by atoms with Gasteiger partial charge in [0.25, 0.3) is 5.91 Å². The van der Waals surface area contributed by atoms with E-state index in [4.69, 9.17) is 4.74 Å². The first-order chi connectivity index (χ1) is 11.9. The van der Waals surface area contributed by atoms with Gasteiger partial charge in [-0.05, 0) is 36.8 Å². The molecule has 2 aromatic rings. The Hall–Kier alpha value is -2.96. The maximum Gasteiger partial charge on any atom is 0.325 e. The lowest BCUT2D eigenvalue weighted by atomic mass is 9.92. The molecule has 1 N–H and O–H groups in total. The molecule has 130 valence electrons. The predicted octanol–water partition coefficient (Wildman–Crippen LogP) is 2.81. The molecule has 25 heavy (non-hydrogen) atoms. The Morgan fingerprint density at radius 1 is 1.08 bits per heavy atom. The Morgan fingerprint density at radius 2 is 1.80 bits per heavy atom. The second-order valence-electron chi connectivity index (χ2n) is 5.82. The molecule has 0 aromatic heterocycles. The van der Waals surface area contributed by atoms with Gasteiger partial charge in [-0.15, -0.1) is 0 Å². The van der Waals surface area contributed by atoms with E-state index in [9.17, 15) is 18.4 Å². The summed E-state index contributed by atoms with van der Waals surface area (Å²) in [5, 5.41) is 2.62. The first-order valence-corrected chi connectivity index (χ1v) is 7.69. The average Bonchev–Trinajstić information content (AvgIpc) is 2.79. The van der Waals surface area contributed by atoms with Gasteiger partial charge in [-0.3, -0.25) is 9.69 Å². The number of hydrogen-bond acceptors (Lipinski definition) is 3. The third-order valence-electron chi connectivity index (χ3n) is 4.08. The van der Waals surface area contributed by atoms with E-state index in [1.54, 1.807) is 13.0 Å². The first kappa shape index (κ1) is 16.9. The zero-order valence-corrected chi connectivity index (χ0v) is 13.5. The van der Waals surface area contributed by atoms with E-state index in [1.807, 2.05) is 0 Å². The summed E-state index contributed by atoms with van der Waals surface area (Å²) in [5.41, 5.74) is -0.773. The highest BCUT2D eigenvalue weighted by Gasteiger charge is 2.48. The van der Waals surface area contributed by atoms with Crippen molar-refractivity contribution in [2.45, 2.75) is 12.5 Å². The van der Waals surface area contributed by atoms with Crippen LogP contribution in [-0.4, -0.2) is 30.0 Å². The summed E-state index contributed by atoms with van der Waals surface area (Å²) in [6, 6.07) is 10.4. The summed E-state index contributed by atoms with van der Waals surface area (Å²) in [7, 11) is 0. The van der Waals surface area contributed by atoms with Gasteiger partial charge >= 0.3 is 6.03 Å². The number of halogens is 2. The van der Waals surface area contributed by atoms with E-state index < -0.39 is 29.1 Å².